The lowest BCUT2D eigenvalue weighted by atomic mass is 9.88. The molecule has 0 rings (SSSR count). The molecule has 12 heteroatoms. The highest BCUT2D eigenvalue weighted by molar-refractivity contribution is 5.72. The molecule has 12 nitrogen and oxygen atoms in total. The second-order valence-corrected chi connectivity index (χ2v) is 29.9. The highest BCUT2D eigenvalue weighted by Crippen LogP contribution is 2.28. The number of carbonyl (C=O) groups excluding carboxylic acids is 6. The fraction of sp³-hybridized carbons (Fsp3) is 0.843. The van der Waals surface area contributed by atoms with Gasteiger partial charge in [-0.1, -0.05) is 289 Å². The molecule has 0 aromatic heterocycles. The lowest BCUT2D eigenvalue weighted by Crippen LogP contribution is -2.39. The van der Waals surface area contributed by atoms with E-state index in [1.165, 1.54) is 173 Å². The molecule has 0 N–H and O–H groups in total. The van der Waals surface area contributed by atoms with Crippen molar-refractivity contribution in [1.82, 2.24) is 0 Å². The Morgan fingerprint density at radius 2 is 0.317 bits per heavy atom. The fourth-order valence-corrected chi connectivity index (χ4v) is 12.4. The summed E-state index contributed by atoms with van der Waals surface area (Å²) in [5.74, 6) is -2.17. The van der Waals surface area contributed by atoms with Crippen LogP contribution in [0.4, 0.5) is 0 Å². The van der Waals surface area contributed by atoms with Crippen molar-refractivity contribution in [3.05, 3.63) is 48.6 Å². The van der Waals surface area contributed by atoms with Crippen molar-refractivity contribution in [2.45, 2.75) is 433 Å². The number of esters is 6. The molecule has 1 unspecified atom stereocenters. The van der Waals surface area contributed by atoms with Gasteiger partial charge in [0.05, 0.1) is 10.8 Å². The minimum Gasteiger partial charge on any atom is -0.465 e. The van der Waals surface area contributed by atoms with Crippen molar-refractivity contribution in [2.75, 3.05) is 39.6 Å². The molecule has 0 bridgehead atoms. The van der Waals surface area contributed by atoms with Crippen LogP contribution in [-0.4, -0.2) is 75.5 Å². The Bertz CT molecular complexity index is 1970. The zero-order valence-corrected chi connectivity index (χ0v) is 66.9. The van der Waals surface area contributed by atoms with E-state index in [9.17, 15) is 28.8 Å². The molecular weight excluding hydrogens is 1260 g/mol. The summed E-state index contributed by atoms with van der Waals surface area (Å²) >= 11 is 0. The van der Waals surface area contributed by atoms with Crippen molar-refractivity contribution in [2.24, 2.45) is 10.8 Å². The Morgan fingerprint density at radius 1 is 0.188 bits per heavy atom. The zero-order valence-electron chi connectivity index (χ0n) is 66.9. The lowest BCUT2D eigenvalue weighted by molar-refractivity contribution is -0.165. The largest absolute Gasteiger partial charge is 0.465 e. The number of hydrogen-bond acceptors (Lipinski definition) is 12. The summed E-state index contributed by atoms with van der Waals surface area (Å²) in [6, 6.07) is 0. The smallest absolute Gasteiger partial charge is 0.305 e. The van der Waals surface area contributed by atoms with Crippen LogP contribution in [0.1, 0.15) is 433 Å². The molecule has 0 heterocycles. The molecule has 1 atom stereocenters. The van der Waals surface area contributed by atoms with Crippen molar-refractivity contribution in [3.8, 4) is 0 Å². The molecule has 0 aliphatic heterocycles. The normalized spacial score (nSPS) is 12.5. The number of carbonyl (C=O) groups is 6. The first kappa shape index (κ1) is 96.8. The molecule has 0 amide bonds. The second kappa shape index (κ2) is 75.5. The van der Waals surface area contributed by atoms with Crippen LogP contribution in [0.2, 0.25) is 0 Å². The van der Waals surface area contributed by atoms with Crippen LogP contribution in [-0.2, 0) is 57.2 Å². The van der Waals surface area contributed by atoms with E-state index in [-0.39, 0.29) is 76.4 Å². The van der Waals surface area contributed by atoms with Gasteiger partial charge in [-0.05, 0) is 154 Å². The maximum absolute atomic E-state index is 13.4. The first-order valence-electron chi connectivity index (χ1n) is 43.0. The average Bonchev–Trinajstić information content (AvgIpc) is 0.881. The van der Waals surface area contributed by atoms with Gasteiger partial charge in [-0.3, -0.25) is 28.8 Å². The summed E-state index contributed by atoms with van der Waals surface area (Å²) in [6.07, 6.45) is 81.0. The van der Waals surface area contributed by atoms with Gasteiger partial charge in [0.2, 0.25) is 0 Å². The number of hydrogen-bond donors (Lipinski definition) is 0. The van der Waals surface area contributed by atoms with Gasteiger partial charge in [-0.15, -0.1) is 0 Å². The monoisotopic (exact) mass is 1420 g/mol. The maximum Gasteiger partial charge on any atom is 0.305 e. The van der Waals surface area contributed by atoms with E-state index in [1.54, 1.807) is 0 Å². The highest BCUT2D eigenvalue weighted by atomic mass is 16.6. The topological polar surface area (TPSA) is 158 Å². The molecule has 0 aliphatic rings. The first-order chi connectivity index (χ1) is 49.4. The Kier molecular flexibility index (Phi) is 72.3. The molecule has 0 radical (unpaired) electrons. The van der Waals surface area contributed by atoms with Crippen LogP contribution < -0.4 is 0 Å². The van der Waals surface area contributed by atoms with Crippen molar-refractivity contribution in [1.29, 1.82) is 0 Å². The Hall–Kier alpha value is -4.22. The molecular formula is C89H160O12. The predicted molar refractivity (Wildman–Crippen MR) is 423 cm³/mol. The zero-order chi connectivity index (χ0) is 73.7. The summed E-state index contributed by atoms with van der Waals surface area (Å²) in [5, 5.41) is 0. The molecule has 0 spiro atoms. The average molecular weight is 1420 g/mol. The van der Waals surface area contributed by atoms with E-state index in [0.29, 0.717) is 51.4 Å². The lowest BCUT2D eigenvalue weighted by Gasteiger charge is -2.31. The highest BCUT2D eigenvalue weighted by Gasteiger charge is 2.36. The third-order valence-corrected chi connectivity index (χ3v) is 20.1. The van der Waals surface area contributed by atoms with E-state index in [4.69, 9.17) is 28.4 Å². The van der Waals surface area contributed by atoms with Crippen LogP contribution in [0.15, 0.2) is 48.6 Å². The molecule has 0 fully saturated rings. The Balaban J connectivity index is 5.45. The third kappa shape index (κ3) is 67.4. The van der Waals surface area contributed by atoms with Gasteiger partial charge in [-0.25, -0.2) is 0 Å². The van der Waals surface area contributed by atoms with Crippen LogP contribution >= 0.6 is 0 Å². The SMILES string of the molecule is CCCCCCCC/C=C/CCCCCCCC(=O)OCC(CC)(COC(=O)CCCCCC/C=C/CCCCCCCC)COC(=O)CCCCC(=O)OCC(CC)(COC(=O)CCCCCCC/C=C/CCCCCCCC)COC(=O)CCCCCCC/C=C/CCCCCCCC. The van der Waals surface area contributed by atoms with Crippen molar-refractivity contribution in [3.63, 3.8) is 0 Å². The molecule has 588 valence electrons. The molecule has 0 saturated heterocycles. The van der Waals surface area contributed by atoms with Gasteiger partial charge >= 0.3 is 35.8 Å². The number of ether oxygens (including phenoxy) is 6. The van der Waals surface area contributed by atoms with Gasteiger partial charge in [0.15, 0.2) is 0 Å². The molecule has 0 saturated carbocycles. The standard InChI is InChI=1S/C89H160O12/c1-7-13-17-21-25-29-33-37-41-45-49-53-57-61-65-71-83(91)97-77-88(11-5,76-96-82(90)70-64-60-56-52-48-44-40-36-32-28-24-20-16-10-4)80-100-86(94)74-68-69-75-87(95)101-81-89(12-6,78-98-84(92)72-66-62-58-54-50-46-42-38-34-30-26-22-18-14-8-2)79-99-85(93)73-67-63-59-55-51-47-43-39-35-31-27-23-19-15-9-3/h37-44H,7-36,45-81H2,1-6H3/b41-37+,42-38+,43-39+,44-40+. The molecule has 0 aromatic carbocycles. The third-order valence-electron chi connectivity index (χ3n) is 20.1. The quantitative estimate of drug-likeness (QED) is 0.0246. The summed E-state index contributed by atoms with van der Waals surface area (Å²) < 4.78 is 35.2. The number of rotatable bonds is 78. The van der Waals surface area contributed by atoms with Gasteiger partial charge < -0.3 is 28.4 Å². The van der Waals surface area contributed by atoms with Gasteiger partial charge in [0, 0.05) is 38.5 Å². The first-order valence-corrected chi connectivity index (χ1v) is 43.0. The fourth-order valence-electron chi connectivity index (χ4n) is 12.4. The number of allylic oxidation sites excluding steroid dienone is 8. The van der Waals surface area contributed by atoms with E-state index >= 15 is 0 Å². The van der Waals surface area contributed by atoms with E-state index in [2.05, 4.69) is 76.3 Å². The van der Waals surface area contributed by atoms with Gasteiger partial charge in [-0.2, -0.15) is 0 Å². The van der Waals surface area contributed by atoms with Crippen molar-refractivity contribution < 1.29 is 57.2 Å². The van der Waals surface area contributed by atoms with Gasteiger partial charge in [0.1, 0.15) is 39.6 Å². The van der Waals surface area contributed by atoms with Crippen molar-refractivity contribution >= 4 is 35.8 Å². The maximum atomic E-state index is 13.4. The van der Waals surface area contributed by atoms with Crippen LogP contribution in [0, 0.1) is 10.8 Å². The minimum atomic E-state index is -0.919. The molecule has 101 heavy (non-hydrogen) atoms. The predicted octanol–water partition coefficient (Wildman–Crippen LogP) is 26.4. The van der Waals surface area contributed by atoms with Gasteiger partial charge in [0.25, 0.3) is 0 Å². The summed E-state index contributed by atoms with van der Waals surface area (Å²) in [7, 11) is 0. The molecule has 0 aromatic rings. The number of unbranched alkanes of at least 4 members (excludes halogenated alkanes) is 44. The second-order valence-electron chi connectivity index (χ2n) is 29.9. The van der Waals surface area contributed by atoms with E-state index in [1.807, 2.05) is 13.8 Å². The van der Waals surface area contributed by atoms with Crippen LogP contribution in [0.5, 0.6) is 0 Å². The molecule has 0 aliphatic carbocycles. The van der Waals surface area contributed by atoms with Crippen LogP contribution in [0.25, 0.3) is 0 Å². The Morgan fingerprint density at radius 3 is 0.465 bits per heavy atom. The summed E-state index contributed by atoms with van der Waals surface area (Å²) in [6.45, 7) is 12.5. The summed E-state index contributed by atoms with van der Waals surface area (Å²) in [5.41, 5.74) is -1.84. The van der Waals surface area contributed by atoms with Crippen LogP contribution in [0.3, 0.4) is 0 Å². The Labute approximate surface area is 622 Å². The van der Waals surface area contributed by atoms with E-state index < -0.39 is 22.8 Å². The van der Waals surface area contributed by atoms with E-state index in [0.717, 1.165) is 154 Å². The summed E-state index contributed by atoms with van der Waals surface area (Å²) in [4.78, 5) is 79.3. The minimum absolute atomic E-state index is 0.0413.